The Bertz CT molecular complexity index is 933. The van der Waals surface area contributed by atoms with Crippen molar-refractivity contribution in [3.8, 4) is 11.5 Å². The number of nitrogens with one attached hydrogen (secondary N) is 1. The van der Waals surface area contributed by atoms with Crippen LogP contribution >= 0.6 is 11.6 Å². The molecule has 8 heteroatoms. The molecule has 154 valence electrons. The predicted molar refractivity (Wildman–Crippen MR) is 107 cm³/mol. The third kappa shape index (κ3) is 3.90. The number of fused-ring (bicyclic) bond motifs is 1. The van der Waals surface area contributed by atoms with E-state index >= 15 is 0 Å². The zero-order valence-electron chi connectivity index (χ0n) is 16.1. The van der Waals surface area contributed by atoms with Crippen LogP contribution in [0.4, 0.5) is 4.39 Å². The van der Waals surface area contributed by atoms with Gasteiger partial charge in [0.15, 0.2) is 11.5 Å². The van der Waals surface area contributed by atoms with Gasteiger partial charge in [-0.1, -0.05) is 23.7 Å². The molecule has 29 heavy (non-hydrogen) atoms. The molecule has 2 aromatic rings. The van der Waals surface area contributed by atoms with Gasteiger partial charge in [-0.2, -0.15) is 0 Å². The monoisotopic (exact) mass is 419 g/mol. The number of halogens is 2. The molecule has 4 rings (SSSR count). The maximum absolute atomic E-state index is 14.5. The molecule has 1 fully saturated rings. The summed E-state index contributed by atoms with van der Waals surface area (Å²) in [7, 11) is 0. The van der Waals surface area contributed by atoms with Gasteiger partial charge in [-0.3, -0.25) is 15.1 Å². The van der Waals surface area contributed by atoms with Crippen LogP contribution in [0.25, 0.3) is 0 Å². The topological polar surface area (TPSA) is 76.8 Å². The number of hydrogen-bond acceptors (Lipinski definition) is 5. The van der Waals surface area contributed by atoms with Gasteiger partial charge >= 0.3 is 0 Å². The van der Waals surface area contributed by atoms with Crippen LogP contribution in [0, 0.1) is 5.82 Å². The van der Waals surface area contributed by atoms with Crippen LogP contribution in [0.5, 0.6) is 11.5 Å². The van der Waals surface area contributed by atoms with Gasteiger partial charge in [0.2, 0.25) is 5.91 Å². The molecule has 0 spiro atoms. The maximum Gasteiger partial charge on any atom is 0.278 e. The lowest BCUT2D eigenvalue weighted by molar-refractivity contribution is -0.122. The summed E-state index contributed by atoms with van der Waals surface area (Å²) in [4.78, 5) is 13.6. The summed E-state index contributed by atoms with van der Waals surface area (Å²) in [6, 6.07) is 10.2. The Morgan fingerprint density at radius 2 is 2.07 bits per heavy atom. The number of rotatable bonds is 4. The van der Waals surface area contributed by atoms with Crippen molar-refractivity contribution >= 4 is 17.5 Å². The summed E-state index contributed by atoms with van der Waals surface area (Å²) in [6.45, 7) is 3.57. The highest BCUT2D eigenvalue weighted by Gasteiger charge is 2.42. The zero-order valence-corrected chi connectivity index (χ0v) is 16.8. The van der Waals surface area contributed by atoms with Gasteiger partial charge in [0.05, 0.1) is 12.1 Å². The second kappa shape index (κ2) is 7.82. The second-order valence-electron chi connectivity index (χ2n) is 7.57. The van der Waals surface area contributed by atoms with Crippen molar-refractivity contribution in [3.63, 3.8) is 0 Å². The van der Waals surface area contributed by atoms with Gasteiger partial charge in [0.1, 0.15) is 5.82 Å². The Morgan fingerprint density at radius 1 is 1.31 bits per heavy atom. The van der Waals surface area contributed by atoms with Crippen LogP contribution in [0.1, 0.15) is 36.8 Å². The lowest BCUT2D eigenvalue weighted by Gasteiger charge is -2.32. The van der Waals surface area contributed by atoms with E-state index in [1.807, 2.05) is 18.2 Å². The smallest absolute Gasteiger partial charge is 0.278 e. The van der Waals surface area contributed by atoms with Crippen molar-refractivity contribution in [2.75, 3.05) is 19.6 Å². The van der Waals surface area contributed by atoms with Crippen LogP contribution in [-0.2, 0) is 10.6 Å². The Balaban J connectivity index is 1.53. The van der Waals surface area contributed by atoms with Gasteiger partial charge in [-0.15, -0.1) is 0 Å². The van der Waals surface area contributed by atoms with Crippen molar-refractivity contribution in [2.45, 2.75) is 31.5 Å². The molecule has 0 saturated carbocycles. The Kier molecular flexibility index (Phi) is 5.38. The van der Waals surface area contributed by atoms with Crippen LogP contribution in [-0.4, -0.2) is 30.4 Å². The van der Waals surface area contributed by atoms with Gasteiger partial charge in [0, 0.05) is 17.5 Å². The van der Waals surface area contributed by atoms with E-state index in [4.69, 9.17) is 26.9 Å². The normalized spacial score (nSPS) is 21.9. The summed E-state index contributed by atoms with van der Waals surface area (Å²) >= 11 is 5.88. The number of nitrogens with zero attached hydrogens (tertiary/aromatic N) is 1. The lowest BCUT2D eigenvalue weighted by Crippen LogP contribution is -2.43. The number of hydrogen-bond donors (Lipinski definition) is 2. The van der Waals surface area contributed by atoms with Crippen molar-refractivity contribution in [1.29, 1.82) is 0 Å². The van der Waals surface area contributed by atoms with E-state index in [0.717, 1.165) is 31.5 Å². The first-order valence-corrected chi connectivity index (χ1v) is 9.95. The molecule has 1 amide bonds. The fourth-order valence-corrected chi connectivity index (χ4v) is 4.25. The second-order valence-corrected chi connectivity index (χ2v) is 8.00. The molecule has 2 aliphatic heterocycles. The van der Waals surface area contributed by atoms with Gasteiger partial charge in [0.25, 0.3) is 5.79 Å². The average Bonchev–Trinajstić information content (AvgIpc) is 3.05. The number of hydrazine groups is 1. The van der Waals surface area contributed by atoms with Gasteiger partial charge < -0.3 is 9.47 Å². The molecule has 0 aromatic heterocycles. The van der Waals surface area contributed by atoms with E-state index < -0.39 is 11.6 Å². The van der Waals surface area contributed by atoms with E-state index in [9.17, 15) is 9.18 Å². The largest absolute Gasteiger partial charge is 0.444 e. The summed E-state index contributed by atoms with van der Waals surface area (Å²) in [6.07, 6.45) is 1.76. The van der Waals surface area contributed by atoms with E-state index in [-0.39, 0.29) is 11.8 Å². The minimum atomic E-state index is -1.26. The molecular formula is C21H23ClFN3O3. The Morgan fingerprint density at radius 3 is 2.76 bits per heavy atom. The third-order valence-electron chi connectivity index (χ3n) is 5.59. The summed E-state index contributed by atoms with van der Waals surface area (Å²) < 4.78 is 26.7. The number of ether oxygens (including phenoxy) is 2. The first kappa shape index (κ1) is 19.9. The fraction of sp³-hybridized carbons (Fsp3) is 0.381. The number of carbonyl (C=O) groups is 1. The lowest BCUT2D eigenvalue weighted by atomic mass is 9.88. The summed E-state index contributed by atoms with van der Waals surface area (Å²) in [5.41, 5.74) is 3.51. The molecule has 0 bridgehead atoms. The highest BCUT2D eigenvalue weighted by Crippen LogP contribution is 2.49. The molecule has 2 aromatic carbocycles. The van der Waals surface area contributed by atoms with E-state index in [2.05, 4.69) is 10.3 Å². The first-order chi connectivity index (χ1) is 13.9. The Labute approximate surface area is 173 Å². The molecule has 0 aliphatic carbocycles. The van der Waals surface area contributed by atoms with Crippen LogP contribution < -0.4 is 20.7 Å². The standard InChI is InChI=1S/C21H23ClFN3O3/c1-21(16-6-5-14(22)11-17(16)23)28-18-4-2-3-15(20(18)29-21)13-7-9-26(10-8-13)12-19(27)25-24/h2-6,11,13H,7-10,12,24H2,1H3,(H,25,27). The molecule has 1 saturated heterocycles. The molecule has 6 nitrogen and oxygen atoms in total. The number of likely N-dealkylation sites (tertiary alicyclic amines) is 1. The SMILES string of the molecule is CC1(c2ccc(Cl)cc2F)Oc2cccc(C3CCN(CC(=O)NN)CC3)c2O1. The van der Waals surface area contributed by atoms with Gasteiger partial charge in [-0.25, -0.2) is 10.2 Å². The zero-order chi connectivity index (χ0) is 20.6. The molecule has 2 heterocycles. The van der Waals surface area contributed by atoms with Crippen molar-refractivity contribution < 1.29 is 18.7 Å². The molecule has 1 unspecified atom stereocenters. The molecule has 1 atom stereocenters. The van der Waals surface area contributed by atoms with Crippen molar-refractivity contribution in [2.24, 2.45) is 5.84 Å². The number of amides is 1. The molecule has 2 aliphatic rings. The van der Waals surface area contributed by atoms with Crippen LogP contribution in [0.2, 0.25) is 5.02 Å². The first-order valence-electron chi connectivity index (χ1n) is 9.58. The maximum atomic E-state index is 14.5. The summed E-state index contributed by atoms with van der Waals surface area (Å²) in [5, 5.41) is 0.320. The molecular weight excluding hydrogens is 397 g/mol. The average molecular weight is 420 g/mol. The number of piperidine rings is 1. The van der Waals surface area contributed by atoms with Crippen LogP contribution in [0.15, 0.2) is 36.4 Å². The quantitative estimate of drug-likeness (QED) is 0.452. The number of nitrogens with two attached hydrogens (primary N) is 1. The number of para-hydroxylation sites is 1. The number of benzene rings is 2. The highest BCUT2D eigenvalue weighted by atomic mass is 35.5. The predicted octanol–water partition coefficient (Wildman–Crippen LogP) is 3.29. The minimum Gasteiger partial charge on any atom is -0.444 e. The van der Waals surface area contributed by atoms with E-state index in [0.29, 0.717) is 28.6 Å². The van der Waals surface area contributed by atoms with Crippen molar-refractivity contribution in [3.05, 3.63) is 58.4 Å². The minimum absolute atomic E-state index is 0.193. The third-order valence-corrected chi connectivity index (χ3v) is 5.82. The summed E-state index contributed by atoms with van der Waals surface area (Å²) in [5.74, 6) is 4.77. The van der Waals surface area contributed by atoms with Crippen LogP contribution in [0.3, 0.4) is 0 Å². The molecule has 0 radical (unpaired) electrons. The molecule has 3 N–H and O–H groups in total. The van der Waals surface area contributed by atoms with E-state index in [1.54, 1.807) is 19.1 Å². The number of carbonyl (C=O) groups excluding carboxylic acids is 1. The van der Waals surface area contributed by atoms with E-state index in [1.165, 1.54) is 6.07 Å². The fourth-order valence-electron chi connectivity index (χ4n) is 4.09. The highest BCUT2D eigenvalue weighted by molar-refractivity contribution is 6.30. The Hall–Kier alpha value is -2.35. The van der Waals surface area contributed by atoms with Gasteiger partial charge in [-0.05, 0) is 56.1 Å². The van der Waals surface area contributed by atoms with Crippen molar-refractivity contribution in [1.82, 2.24) is 10.3 Å².